The molecule has 3 N–H and O–H groups in total. The van der Waals surface area contributed by atoms with Crippen LogP contribution < -0.4 is 5.73 Å². The predicted molar refractivity (Wildman–Crippen MR) is 87.5 cm³/mol. The molecule has 0 amide bonds. The van der Waals surface area contributed by atoms with Crippen molar-refractivity contribution >= 4 is 0 Å². The summed E-state index contributed by atoms with van der Waals surface area (Å²) in [6, 6.07) is 4.50. The fourth-order valence-corrected chi connectivity index (χ4v) is 2.38. The molecule has 1 aromatic rings. The third-order valence-electron chi connectivity index (χ3n) is 3.67. The van der Waals surface area contributed by atoms with Gasteiger partial charge in [-0.3, -0.25) is 0 Å². The molecule has 20 heavy (non-hydrogen) atoms. The summed E-state index contributed by atoms with van der Waals surface area (Å²) < 4.78 is 0. The van der Waals surface area contributed by atoms with Gasteiger partial charge in [0.1, 0.15) is 5.75 Å². The van der Waals surface area contributed by atoms with Crippen LogP contribution in [-0.4, -0.2) is 11.1 Å². The van der Waals surface area contributed by atoms with Gasteiger partial charge >= 0.3 is 0 Å². The van der Waals surface area contributed by atoms with E-state index in [0.29, 0.717) is 5.75 Å². The molecule has 0 aliphatic carbocycles. The van der Waals surface area contributed by atoms with Crippen LogP contribution in [0.5, 0.6) is 5.75 Å². The van der Waals surface area contributed by atoms with Crippen molar-refractivity contribution in [1.82, 2.24) is 0 Å². The first-order chi connectivity index (χ1) is 8.93. The normalized spacial score (nSPS) is 14.4. The van der Waals surface area contributed by atoms with Gasteiger partial charge in [0.05, 0.1) is 0 Å². The van der Waals surface area contributed by atoms with Gasteiger partial charge in [-0.05, 0) is 47.3 Å². The average molecular weight is 277 g/mol. The van der Waals surface area contributed by atoms with Crippen LogP contribution in [0.15, 0.2) is 12.1 Å². The molecule has 0 saturated heterocycles. The lowest BCUT2D eigenvalue weighted by Crippen LogP contribution is -2.19. The van der Waals surface area contributed by atoms with E-state index in [4.69, 9.17) is 5.73 Å². The minimum absolute atomic E-state index is 0.0611. The Kier molecular flexibility index (Phi) is 4.91. The molecule has 2 nitrogen and oxygen atoms in total. The molecule has 114 valence electrons. The summed E-state index contributed by atoms with van der Waals surface area (Å²) in [6.45, 7) is 14.9. The summed E-state index contributed by atoms with van der Waals surface area (Å²) in [4.78, 5) is 0. The summed E-state index contributed by atoms with van der Waals surface area (Å²) in [7, 11) is 0. The van der Waals surface area contributed by atoms with Crippen molar-refractivity contribution in [3.63, 3.8) is 0 Å². The Hall–Kier alpha value is -1.02. The van der Waals surface area contributed by atoms with Crippen LogP contribution in [0, 0.1) is 0 Å². The van der Waals surface area contributed by atoms with Gasteiger partial charge in [0.2, 0.25) is 0 Å². The number of phenols is 1. The van der Waals surface area contributed by atoms with Gasteiger partial charge in [-0.1, -0.05) is 53.7 Å². The van der Waals surface area contributed by atoms with Gasteiger partial charge in [0.15, 0.2) is 0 Å². The van der Waals surface area contributed by atoms with Gasteiger partial charge in [-0.15, -0.1) is 0 Å². The number of nitrogens with two attached hydrogens (primary N) is 1. The average Bonchev–Trinajstić information content (AvgIpc) is 2.24. The number of hydrogen-bond acceptors (Lipinski definition) is 2. The lowest BCUT2D eigenvalue weighted by Gasteiger charge is -2.28. The molecule has 1 aromatic carbocycles. The van der Waals surface area contributed by atoms with Crippen molar-refractivity contribution in [2.45, 2.75) is 78.2 Å². The van der Waals surface area contributed by atoms with Crippen molar-refractivity contribution in [2.24, 2.45) is 5.73 Å². The molecule has 0 fully saturated rings. The van der Waals surface area contributed by atoms with Crippen molar-refractivity contribution < 1.29 is 5.11 Å². The van der Waals surface area contributed by atoms with E-state index in [9.17, 15) is 5.11 Å². The fourth-order valence-electron chi connectivity index (χ4n) is 2.38. The van der Waals surface area contributed by atoms with E-state index in [2.05, 4.69) is 53.7 Å². The number of phenolic OH excluding ortho intramolecular Hbond substituents is 1. The summed E-state index contributed by atoms with van der Waals surface area (Å²) in [5.41, 5.74) is 9.08. The van der Waals surface area contributed by atoms with E-state index < -0.39 is 0 Å². The van der Waals surface area contributed by atoms with Crippen LogP contribution in [0.1, 0.15) is 71.6 Å². The second-order valence-corrected chi connectivity index (χ2v) is 8.06. The Labute approximate surface area is 124 Å². The zero-order valence-electron chi connectivity index (χ0n) is 14.2. The number of rotatable bonds is 3. The van der Waals surface area contributed by atoms with Crippen LogP contribution in [-0.2, 0) is 17.3 Å². The van der Waals surface area contributed by atoms with Crippen molar-refractivity contribution in [1.29, 1.82) is 0 Å². The van der Waals surface area contributed by atoms with Crippen molar-refractivity contribution in [3.05, 3.63) is 28.8 Å². The van der Waals surface area contributed by atoms with Gasteiger partial charge in [-0.25, -0.2) is 0 Å². The first-order valence-corrected chi connectivity index (χ1v) is 7.55. The zero-order chi connectivity index (χ0) is 15.7. The molecule has 2 heteroatoms. The highest BCUT2D eigenvalue weighted by molar-refractivity contribution is 5.49. The Balaban J connectivity index is 3.35. The Morgan fingerprint density at radius 1 is 1.00 bits per heavy atom. The largest absolute Gasteiger partial charge is 0.507 e. The summed E-state index contributed by atoms with van der Waals surface area (Å²) in [5.74, 6) is 0.453. The van der Waals surface area contributed by atoms with Gasteiger partial charge < -0.3 is 10.8 Å². The first-order valence-electron chi connectivity index (χ1n) is 7.55. The SMILES string of the molecule is CC(N)CCc1cc(C(C)(C)C)c(O)c(C(C)(C)C)c1. The molecule has 0 aromatic heterocycles. The number of aromatic hydroxyl groups is 1. The molecule has 0 aliphatic heterocycles. The topological polar surface area (TPSA) is 46.2 Å². The third-order valence-corrected chi connectivity index (χ3v) is 3.67. The monoisotopic (exact) mass is 277 g/mol. The Morgan fingerprint density at radius 3 is 1.70 bits per heavy atom. The molecule has 1 atom stereocenters. The van der Waals surface area contributed by atoms with Gasteiger partial charge in [0.25, 0.3) is 0 Å². The molecule has 0 heterocycles. The van der Waals surface area contributed by atoms with E-state index in [-0.39, 0.29) is 16.9 Å². The summed E-state index contributed by atoms with van der Waals surface area (Å²) in [6.07, 6.45) is 1.93. The molecule has 1 rings (SSSR count). The standard InChI is InChI=1S/C18H31NO/c1-12(19)8-9-13-10-14(17(2,3)4)16(20)15(11-13)18(5,6)7/h10-12,20H,8-9,19H2,1-7H3. The molecule has 0 bridgehead atoms. The van der Waals surface area contributed by atoms with E-state index in [1.54, 1.807) is 0 Å². The quantitative estimate of drug-likeness (QED) is 0.867. The van der Waals surface area contributed by atoms with E-state index in [1.807, 2.05) is 6.92 Å². The number of hydrogen-bond donors (Lipinski definition) is 2. The third kappa shape index (κ3) is 4.24. The van der Waals surface area contributed by atoms with Crippen LogP contribution in [0.3, 0.4) is 0 Å². The van der Waals surface area contributed by atoms with Crippen molar-refractivity contribution in [2.75, 3.05) is 0 Å². The molecule has 1 unspecified atom stereocenters. The molecular formula is C18H31NO. The van der Waals surface area contributed by atoms with E-state index in [1.165, 1.54) is 5.56 Å². The predicted octanol–water partition coefficient (Wildman–Crippen LogP) is 4.27. The van der Waals surface area contributed by atoms with Crippen LogP contribution in [0.2, 0.25) is 0 Å². The van der Waals surface area contributed by atoms with Crippen LogP contribution in [0.4, 0.5) is 0 Å². The van der Waals surface area contributed by atoms with Gasteiger partial charge in [-0.2, -0.15) is 0 Å². The number of aryl methyl sites for hydroxylation is 1. The highest BCUT2D eigenvalue weighted by Gasteiger charge is 2.26. The summed E-state index contributed by atoms with van der Waals surface area (Å²) >= 11 is 0. The minimum Gasteiger partial charge on any atom is -0.507 e. The first kappa shape index (κ1) is 17.0. The molecule has 0 aliphatic rings. The lowest BCUT2D eigenvalue weighted by molar-refractivity contribution is 0.422. The molecular weight excluding hydrogens is 246 g/mol. The smallest absolute Gasteiger partial charge is 0.123 e. The maximum atomic E-state index is 10.6. The van der Waals surface area contributed by atoms with Crippen LogP contribution >= 0.6 is 0 Å². The van der Waals surface area contributed by atoms with Gasteiger partial charge in [0, 0.05) is 6.04 Å². The maximum Gasteiger partial charge on any atom is 0.123 e. The van der Waals surface area contributed by atoms with Crippen molar-refractivity contribution in [3.8, 4) is 5.75 Å². The van der Waals surface area contributed by atoms with E-state index in [0.717, 1.165) is 24.0 Å². The zero-order valence-corrected chi connectivity index (χ0v) is 14.2. The van der Waals surface area contributed by atoms with Crippen LogP contribution in [0.25, 0.3) is 0 Å². The Bertz CT molecular complexity index is 426. The highest BCUT2D eigenvalue weighted by atomic mass is 16.3. The molecule has 0 spiro atoms. The maximum absolute atomic E-state index is 10.6. The van der Waals surface area contributed by atoms with E-state index >= 15 is 0 Å². The molecule has 0 saturated carbocycles. The highest BCUT2D eigenvalue weighted by Crippen LogP contribution is 2.39. The molecule has 0 radical (unpaired) electrons. The second-order valence-electron chi connectivity index (χ2n) is 8.06. The Morgan fingerprint density at radius 2 is 1.40 bits per heavy atom. The number of benzene rings is 1. The second kappa shape index (κ2) is 5.77. The summed E-state index contributed by atoms with van der Waals surface area (Å²) in [5, 5.41) is 10.6. The lowest BCUT2D eigenvalue weighted by atomic mass is 9.78. The fraction of sp³-hybridized carbons (Fsp3) is 0.667. The minimum atomic E-state index is -0.0611.